The fourth-order valence-electron chi connectivity index (χ4n) is 3.15. The van der Waals surface area contributed by atoms with E-state index in [9.17, 15) is 4.79 Å². The first-order chi connectivity index (χ1) is 9.72. The molecule has 0 unspecified atom stereocenters. The van der Waals surface area contributed by atoms with Crippen LogP contribution in [0.25, 0.3) is 0 Å². The van der Waals surface area contributed by atoms with Crippen LogP contribution < -0.4 is 5.32 Å². The molecule has 1 N–H and O–H groups in total. The van der Waals surface area contributed by atoms with Gasteiger partial charge in [0.05, 0.1) is 18.8 Å². The zero-order valence-corrected chi connectivity index (χ0v) is 12.3. The molecule has 3 rings (SSSR count). The van der Waals surface area contributed by atoms with E-state index in [2.05, 4.69) is 5.32 Å². The van der Waals surface area contributed by atoms with Crippen LogP contribution in [0.4, 0.5) is 0 Å². The van der Waals surface area contributed by atoms with E-state index in [-0.39, 0.29) is 11.4 Å². The topological polar surface area (TPSA) is 38.3 Å². The summed E-state index contributed by atoms with van der Waals surface area (Å²) in [5.74, 6) is 0.481. The van der Waals surface area contributed by atoms with Crippen molar-refractivity contribution in [1.82, 2.24) is 5.32 Å². The third kappa shape index (κ3) is 2.70. The van der Waals surface area contributed by atoms with Crippen LogP contribution in [0.1, 0.15) is 53.6 Å². The van der Waals surface area contributed by atoms with Crippen molar-refractivity contribution in [2.24, 2.45) is 0 Å². The quantitative estimate of drug-likeness (QED) is 0.868. The van der Waals surface area contributed by atoms with Crippen molar-refractivity contribution in [3.05, 3.63) is 34.9 Å². The van der Waals surface area contributed by atoms with Crippen LogP contribution >= 0.6 is 11.6 Å². The maximum Gasteiger partial charge on any atom is 0.251 e. The highest BCUT2D eigenvalue weighted by Gasteiger charge is 2.33. The largest absolute Gasteiger partial charge is 0.372 e. The molecule has 1 amide bonds. The smallest absolute Gasteiger partial charge is 0.251 e. The van der Waals surface area contributed by atoms with Gasteiger partial charge < -0.3 is 10.1 Å². The third-order valence-electron chi connectivity index (χ3n) is 4.43. The van der Waals surface area contributed by atoms with Crippen molar-refractivity contribution in [3.8, 4) is 0 Å². The molecule has 2 aliphatic rings. The average Bonchev–Trinajstić information content (AvgIpc) is 2.95. The molecule has 1 heterocycles. The number of hydrogen-bond acceptors (Lipinski definition) is 2. The Bertz CT molecular complexity index is 509. The Kier molecular flexibility index (Phi) is 3.99. The first-order valence-electron chi connectivity index (χ1n) is 7.30. The van der Waals surface area contributed by atoms with E-state index >= 15 is 0 Å². The standard InChI is InChI=1S/C16H20ClNO2/c17-11-16(6-2-1-3-7-16)18-15(19)12-4-5-13-9-20-10-14(13)8-12/h4-5,8H,1-3,6-7,9-11H2,(H,18,19). The van der Waals surface area contributed by atoms with Crippen molar-refractivity contribution in [2.75, 3.05) is 5.88 Å². The van der Waals surface area contributed by atoms with E-state index in [0.29, 0.717) is 24.7 Å². The van der Waals surface area contributed by atoms with Crippen molar-refractivity contribution < 1.29 is 9.53 Å². The minimum Gasteiger partial charge on any atom is -0.372 e. The zero-order chi connectivity index (χ0) is 14.0. The second-order valence-electron chi connectivity index (χ2n) is 5.91. The van der Waals surface area contributed by atoms with Gasteiger partial charge in [-0.25, -0.2) is 0 Å². The Morgan fingerprint density at radius 2 is 1.95 bits per heavy atom. The number of alkyl halides is 1. The SMILES string of the molecule is O=C(NC1(CCl)CCCCC1)c1ccc2c(c1)COC2. The van der Waals surface area contributed by atoms with Crippen molar-refractivity contribution in [1.29, 1.82) is 0 Å². The Balaban J connectivity index is 1.75. The van der Waals surface area contributed by atoms with Gasteiger partial charge in [-0.1, -0.05) is 25.3 Å². The molecule has 0 aromatic heterocycles. The Morgan fingerprint density at radius 1 is 1.20 bits per heavy atom. The minimum atomic E-state index is -0.216. The fraction of sp³-hybridized carbons (Fsp3) is 0.562. The number of halogens is 1. The normalized spacial score (nSPS) is 20.4. The van der Waals surface area contributed by atoms with Gasteiger partial charge in [-0.05, 0) is 36.1 Å². The number of rotatable bonds is 3. The predicted molar refractivity (Wildman–Crippen MR) is 78.9 cm³/mol. The number of hydrogen-bond donors (Lipinski definition) is 1. The minimum absolute atomic E-state index is 0.0118. The van der Waals surface area contributed by atoms with Crippen LogP contribution in [0.15, 0.2) is 18.2 Å². The number of carbonyl (C=O) groups excluding carboxylic acids is 1. The molecule has 1 aromatic rings. The lowest BCUT2D eigenvalue weighted by atomic mass is 9.83. The van der Waals surface area contributed by atoms with Crippen molar-refractivity contribution in [3.63, 3.8) is 0 Å². The van der Waals surface area contributed by atoms with E-state index in [0.717, 1.165) is 31.2 Å². The lowest BCUT2D eigenvalue weighted by Gasteiger charge is -2.36. The van der Waals surface area contributed by atoms with Crippen LogP contribution in [0.3, 0.4) is 0 Å². The summed E-state index contributed by atoms with van der Waals surface area (Å²) in [5.41, 5.74) is 2.81. The molecule has 1 aliphatic carbocycles. The van der Waals surface area contributed by atoms with E-state index in [1.54, 1.807) is 0 Å². The van der Waals surface area contributed by atoms with Gasteiger partial charge >= 0.3 is 0 Å². The molecule has 0 radical (unpaired) electrons. The van der Waals surface area contributed by atoms with Gasteiger partial charge in [-0.15, -0.1) is 11.6 Å². The van der Waals surface area contributed by atoms with Gasteiger partial charge in [0.25, 0.3) is 5.91 Å². The molecule has 3 nitrogen and oxygen atoms in total. The van der Waals surface area contributed by atoms with Gasteiger partial charge in [-0.2, -0.15) is 0 Å². The van der Waals surface area contributed by atoms with E-state index in [1.807, 2.05) is 18.2 Å². The Hall–Kier alpha value is -1.06. The highest BCUT2D eigenvalue weighted by Crippen LogP contribution is 2.30. The summed E-state index contributed by atoms with van der Waals surface area (Å²) < 4.78 is 5.39. The summed E-state index contributed by atoms with van der Waals surface area (Å²) in [6, 6.07) is 5.82. The molecule has 1 saturated carbocycles. The van der Waals surface area contributed by atoms with E-state index < -0.39 is 0 Å². The Morgan fingerprint density at radius 3 is 2.70 bits per heavy atom. The maximum absolute atomic E-state index is 12.5. The lowest BCUT2D eigenvalue weighted by Crippen LogP contribution is -2.51. The van der Waals surface area contributed by atoms with Crippen LogP contribution in [0, 0.1) is 0 Å². The van der Waals surface area contributed by atoms with E-state index in [1.165, 1.54) is 12.0 Å². The molecule has 0 bridgehead atoms. The monoisotopic (exact) mass is 293 g/mol. The molecule has 1 fully saturated rings. The fourth-order valence-corrected chi connectivity index (χ4v) is 3.48. The zero-order valence-electron chi connectivity index (χ0n) is 11.6. The highest BCUT2D eigenvalue weighted by atomic mass is 35.5. The summed E-state index contributed by atoms with van der Waals surface area (Å²) in [7, 11) is 0. The first kappa shape index (κ1) is 13.9. The summed E-state index contributed by atoms with van der Waals surface area (Å²) in [4.78, 5) is 12.5. The summed E-state index contributed by atoms with van der Waals surface area (Å²) in [5, 5.41) is 3.18. The summed E-state index contributed by atoms with van der Waals surface area (Å²) in [6.07, 6.45) is 5.49. The lowest BCUT2D eigenvalue weighted by molar-refractivity contribution is 0.0884. The predicted octanol–water partition coefficient (Wildman–Crippen LogP) is 3.39. The second-order valence-corrected chi connectivity index (χ2v) is 6.17. The van der Waals surface area contributed by atoms with Gasteiger partial charge in [0.2, 0.25) is 0 Å². The first-order valence-corrected chi connectivity index (χ1v) is 7.84. The average molecular weight is 294 g/mol. The summed E-state index contributed by atoms with van der Waals surface area (Å²) >= 11 is 6.13. The molecule has 0 atom stereocenters. The van der Waals surface area contributed by atoms with Crippen molar-refractivity contribution in [2.45, 2.75) is 50.9 Å². The number of nitrogens with one attached hydrogen (secondary N) is 1. The van der Waals surface area contributed by atoms with Gasteiger partial charge in [0.1, 0.15) is 0 Å². The van der Waals surface area contributed by atoms with Gasteiger partial charge in [0, 0.05) is 11.4 Å². The second kappa shape index (κ2) is 5.74. The van der Waals surface area contributed by atoms with Gasteiger partial charge in [-0.3, -0.25) is 4.79 Å². The molecule has 108 valence electrons. The molecule has 20 heavy (non-hydrogen) atoms. The molecule has 0 spiro atoms. The number of carbonyl (C=O) groups is 1. The number of amides is 1. The summed E-state index contributed by atoms with van der Waals surface area (Å²) in [6.45, 7) is 1.26. The molecular formula is C16H20ClNO2. The number of benzene rings is 1. The molecule has 4 heteroatoms. The molecular weight excluding hydrogens is 274 g/mol. The van der Waals surface area contributed by atoms with Crippen LogP contribution in [-0.2, 0) is 18.0 Å². The molecule has 0 saturated heterocycles. The van der Waals surface area contributed by atoms with Crippen molar-refractivity contribution >= 4 is 17.5 Å². The maximum atomic E-state index is 12.5. The number of ether oxygens (including phenoxy) is 1. The van der Waals surface area contributed by atoms with E-state index in [4.69, 9.17) is 16.3 Å². The van der Waals surface area contributed by atoms with Crippen LogP contribution in [0.2, 0.25) is 0 Å². The van der Waals surface area contributed by atoms with Crippen LogP contribution in [-0.4, -0.2) is 17.3 Å². The molecule has 1 aromatic carbocycles. The third-order valence-corrected chi connectivity index (χ3v) is 4.94. The Labute approximate surface area is 124 Å². The van der Waals surface area contributed by atoms with Crippen LogP contribution in [0.5, 0.6) is 0 Å². The van der Waals surface area contributed by atoms with Gasteiger partial charge in [0.15, 0.2) is 0 Å². The number of fused-ring (bicyclic) bond motifs is 1. The highest BCUT2D eigenvalue weighted by molar-refractivity contribution is 6.19. The molecule has 1 aliphatic heterocycles.